The van der Waals surface area contributed by atoms with Crippen LogP contribution in [-0.2, 0) is 6.54 Å². The zero-order valence-corrected chi connectivity index (χ0v) is 12.7. The molecule has 0 bridgehead atoms. The minimum atomic E-state index is 0.491. The number of rotatable bonds is 5. The molecule has 2 nitrogen and oxygen atoms in total. The second kappa shape index (κ2) is 5.79. The van der Waals surface area contributed by atoms with Crippen LogP contribution in [0.2, 0.25) is 0 Å². The van der Waals surface area contributed by atoms with Crippen molar-refractivity contribution in [3.63, 3.8) is 0 Å². The second-order valence-electron chi connectivity index (χ2n) is 6.05. The molecule has 0 saturated carbocycles. The Morgan fingerprint density at radius 1 is 1.16 bits per heavy atom. The van der Waals surface area contributed by atoms with E-state index in [1.807, 2.05) is 0 Å². The maximum Gasteiger partial charge on any atom is 0.138 e. The van der Waals surface area contributed by atoms with Crippen LogP contribution in [0.5, 0.6) is 0 Å². The van der Waals surface area contributed by atoms with Crippen LogP contribution in [0.4, 0.5) is 0 Å². The lowest BCUT2D eigenvalue weighted by atomic mass is 10.00. The number of aryl methyl sites for hydroxylation is 1. The summed E-state index contributed by atoms with van der Waals surface area (Å²) in [6, 6.07) is 6.46. The maximum absolute atomic E-state index is 6.11. The Bertz CT molecular complexity index is 552. The Kier molecular flexibility index (Phi) is 4.31. The number of benzene rings is 1. The van der Waals surface area contributed by atoms with Crippen LogP contribution < -0.4 is 5.32 Å². The Morgan fingerprint density at radius 2 is 1.89 bits per heavy atom. The molecule has 19 heavy (non-hydrogen) atoms. The molecule has 2 rings (SSSR count). The van der Waals surface area contributed by atoms with Gasteiger partial charge in [0.15, 0.2) is 0 Å². The van der Waals surface area contributed by atoms with Crippen molar-refractivity contribution in [3.8, 4) is 0 Å². The smallest absolute Gasteiger partial charge is 0.138 e. The molecule has 0 saturated heterocycles. The fourth-order valence-corrected chi connectivity index (χ4v) is 2.41. The summed E-state index contributed by atoms with van der Waals surface area (Å²) in [5.41, 5.74) is 3.64. The first kappa shape index (κ1) is 14.1. The normalized spacial score (nSPS) is 11.9. The molecule has 0 unspecified atom stereocenters. The SMILES string of the molecule is Cc1c(CNCC(C)C)oc2c(C(C)C)cccc12. The largest absolute Gasteiger partial charge is 0.459 e. The zero-order valence-electron chi connectivity index (χ0n) is 12.7. The number of hydrogen-bond donors (Lipinski definition) is 1. The van der Waals surface area contributed by atoms with E-state index < -0.39 is 0 Å². The molecule has 1 aromatic carbocycles. The summed E-state index contributed by atoms with van der Waals surface area (Å²) in [5, 5.41) is 4.71. The fourth-order valence-electron chi connectivity index (χ4n) is 2.41. The molecule has 104 valence electrons. The van der Waals surface area contributed by atoms with Gasteiger partial charge in [0.2, 0.25) is 0 Å². The molecule has 0 atom stereocenters. The number of hydrogen-bond acceptors (Lipinski definition) is 2. The van der Waals surface area contributed by atoms with Gasteiger partial charge >= 0.3 is 0 Å². The quantitative estimate of drug-likeness (QED) is 0.848. The van der Waals surface area contributed by atoms with Gasteiger partial charge in [-0.1, -0.05) is 45.9 Å². The van der Waals surface area contributed by atoms with Gasteiger partial charge in [-0.3, -0.25) is 0 Å². The Labute approximate surface area is 116 Å². The van der Waals surface area contributed by atoms with Crippen molar-refractivity contribution in [3.05, 3.63) is 35.1 Å². The van der Waals surface area contributed by atoms with Gasteiger partial charge in [0.25, 0.3) is 0 Å². The monoisotopic (exact) mass is 259 g/mol. The van der Waals surface area contributed by atoms with E-state index >= 15 is 0 Å². The second-order valence-corrected chi connectivity index (χ2v) is 6.05. The van der Waals surface area contributed by atoms with Gasteiger partial charge in [0.05, 0.1) is 6.54 Å². The molecule has 0 spiro atoms. The third-order valence-corrected chi connectivity index (χ3v) is 3.55. The topological polar surface area (TPSA) is 25.2 Å². The average Bonchev–Trinajstić information content (AvgIpc) is 2.66. The summed E-state index contributed by atoms with van der Waals surface area (Å²) < 4.78 is 6.11. The first-order valence-corrected chi connectivity index (χ1v) is 7.22. The lowest BCUT2D eigenvalue weighted by Gasteiger charge is -2.06. The minimum Gasteiger partial charge on any atom is -0.459 e. The van der Waals surface area contributed by atoms with Gasteiger partial charge < -0.3 is 9.73 Å². The van der Waals surface area contributed by atoms with E-state index in [0.717, 1.165) is 24.4 Å². The fraction of sp³-hybridized carbons (Fsp3) is 0.529. The zero-order chi connectivity index (χ0) is 14.0. The molecule has 0 amide bonds. The van der Waals surface area contributed by atoms with Crippen molar-refractivity contribution in [2.75, 3.05) is 6.54 Å². The molecule has 2 aromatic rings. The molecule has 0 aliphatic rings. The van der Waals surface area contributed by atoms with Gasteiger partial charge in [0, 0.05) is 5.39 Å². The van der Waals surface area contributed by atoms with E-state index in [4.69, 9.17) is 4.42 Å². The molecule has 0 radical (unpaired) electrons. The van der Waals surface area contributed by atoms with Crippen LogP contribution in [0, 0.1) is 12.8 Å². The van der Waals surface area contributed by atoms with Crippen molar-refractivity contribution in [1.29, 1.82) is 0 Å². The summed E-state index contributed by atoms with van der Waals surface area (Å²) >= 11 is 0. The average molecular weight is 259 g/mol. The van der Waals surface area contributed by atoms with Gasteiger partial charge in [-0.25, -0.2) is 0 Å². The summed E-state index contributed by atoms with van der Waals surface area (Å²) in [5.74, 6) is 2.23. The number of nitrogens with one attached hydrogen (secondary N) is 1. The van der Waals surface area contributed by atoms with E-state index in [-0.39, 0.29) is 0 Å². The summed E-state index contributed by atoms with van der Waals surface area (Å²) in [4.78, 5) is 0. The highest BCUT2D eigenvalue weighted by atomic mass is 16.3. The highest BCUT2D eigenvalue weighted by Crippen LogP contribution is 2.31. The van der Waals surface area contributed by atoms with E-state index in [2.05, 4.69) is 58.1 Å². The molecular formula is C17H25NO. The minimum absolute atomic E-state index is 0.491. The maximum atomic E-state index is 6.11. The van der Waals surface area contributed by atoms with Crippen LogP contribution in [0.25, 0.3) is 11.0 Å². The first-order chi connectivity index (χ1) is 9.00. The van der Waals surface area contributed by atoms with Crippen molar-refractivity contribution in [1.82, 2.24) is 5.32 Å². The van der Waals surface area contributed by atoms with Crippen LogP contribution in [0.1, 0.15) is 50.5 Å². The lowest BCUT2D eigenvalue weighted by molar-refractivity contribution is 0.480. The van der Waals surface area contributed by atoms with Crippen LogP contribution in [0.15, 0.2) is 22.6 Å². The van der Waals surface area contributed by atoms with E-state index in [9.17, 15) is 0 Å². The van der Waals surface area contributed by atoms with Crippen molar-refractivity contribution in [2.24, 2.45) is 5.92 Å². The highest BCUT2D eigenvalue weighted by Gasteiger charge is 2.14. The summed E-state index contributed by atoms with van der Waals surface area (Å²) in [7, 11) is 0. The van der Waals surface area contributed by atoms with Gasteiger partial charge in [-0.15, -0.1) is 0 Å². The lowest BCUT2D eigenvalue weighted by Crippen LogP contribution is -2.18. The Hall–Kier alpha value is -1.28. The summed E-state index contributed by atoms with van der Waals surface area (Å²) in [6.07, 6.45) is 0. The molecule has 1 heterocycles. The Balaban J connectivity index is 2.31. The van der Waals surface area contributed by atoms with E-state index in [0.29, 0.717) is 11.8 Å². The molecule has 2 heteroatoms. The van der Waals surface area contributed by atoms with Gasteiger partial charge in [0.1, 0.15) is 11.3 Å². The third kappa shape index (κ3) is 3.01. The molecule has 0 fully saturated rings. The third-order valence-electron chi connectivity index (χ3n) is 3.55. The number of fused-ring (bicyclic) bond motifs is 1. The van der Waals surface area contributed by atoms with Gasteiger partial charge in [-0.2, -0.15) is 0 Å². The highest BCUT2D eigenvalue weighted by molar-refractivity contribution is 5.85. The number of furan rings is 1. The molecule has 1 N–H and O–H groups in total. The van der Waals surface area contributed by atoms with E-state index in [1.165, 1.54) is 16.5 Å². The van der Waals surface area contributed by atoms with Crippen LogP contribution in [0.3, 0.4) is 0 Å². The molecule has 0 aliphatic heterocycles. The molecule has 0 aliphatic carbocycles. The predicted octanol–water partition coefficient (Wildman–Crippen LogP) is 4.61. The van der Waals surface area contributed by atoms with Crippen LogP contribution >= 0.6 is 0 Å². The van der Waals surface area contributed by atoms with Gasteiger partial charge in [-0.05, 0) is 36.4 Å². The summed E-state index contributed by atoms with van der Waals surface area (Å²) in [6.45, 7) is 12.9. The first-order valence-electron chi connectivity index (χ1n) is 7.22. The van der Waals surface area contributed by atoms with E-state index in [1.54, 1.807) is 0 Å². The molecule has 1 aromatic heterocycles. The van der Waals surface area contributed by atoms with Crippen molar-refractivity contribution < 1.29 is 4.42 Å². The van der Waals surface area contributed by atoms with Crippen LogP contribution in [-0.4, -0.2) is 6.54 Å². The number of para-hydroxylation sites is 1. The predicted molar refractivity (Wildman–Crippen MR) is 81.6 cm³/mol. The molecular weight excluding hydrogens is 234 g/mol. The van der Waals surface area contributed by atoms with Crippen molar-refractivity contribution >= 4 is 11.0 Å². The standard InChI is InChI=1S/C17H25NO/c1-11(2)9-18-10-16-13(5)15-8-6-7-14(12(3)4)17(15)19-16/h6-8,11-12,18H,9-10H2,1-5H3. The van der Waals surface area contributed by atoms with Crippen molar-refractivity contribution in [2.45, 2.75) is 47.1 Å². The Morgan fingerprint density at radius 3 is 2.53 bits per heavy atom.